The number of halogens is 1. The Hall–Kier alpha value is -3.58. The lowest BCUT2D eigenvalue weighted by Gasteiger charge is -2.25. The molecule has 0 N–H and O–H groups in total. The SMILES string of the molecule is O=C(Oc1ccccc1)c1ccc(F)c(OC2(C#Cc3ccccc3)CCCC2)c1. The summed E-state index contributed by atoms with van der Waals surface area (Å²) in [6, 6.07) is 22.4. The molecule has 4 rings (SSSR count). The molecule has 3 aromatic rings. The minimum atomic E-state index is -0.765. The van der Waals surface area contributed by atoms with Gasteiger partial charge in [0.2, 0.25) is 0 Å². The van der Waals surface area contributed by atoms with Gasteiger partial charge in [0.1, 0.15) is 5.75 Å². The van der Waals surface area contributed by atoms with Crippen molar-refractivity contribution in [2.75, 3.05) is 0 Å². The molecule has 1 saturated carbocycles. The van der Waals surface area contributed by atoms with Crippen LogP contribution in [0.1, 0.15) is 41.6 Å². The predicted molar refractivity (Wildman–Crippen MR) is 113 cm³/mol. The Morgan fingerprint density at radius 1 is 0.900 bits per heavy atom. The van der Waals surface area contributed by atoms with Crippen LogP contribution in [0.5, 0.6) is 11.5 Å². The molecule has 1 aliphatic carbocycles. The fraction of sp³-hybridized carbons (Fsp3) is 0.192. The highest BCUT2D eigenvalue weighted by atomic mass is 19.1. The second-order valence-corrected chi connectivity index (χ2v) is 7.27. The highest BCUT2D eigenvalue weighted by Crippen LogP contribution is 2.35. The Morgan fingerprint density at radius 2 is 1.57 bits per heavy atom. The number of rotatable bonds is 4. The second kappa shape index (κ2) is 8.84. The van der Waals surface area contributed by atoms with Gasteiger partial charge in [0.25, 0.3) is 0 Å². The third-order valence-electron chi connectivity index (χ3n) is 5.05. The molecule has 0 aliphatic heterocycles. The molecule has 0 bridgehead atoms. The van der Waals surface area contributed by atoms with E-state index in [0.29, 0.717) is 18.6 Å². The van der Waals surface area contributed by atoms with E-state index in [1.165, 1.54) is 18.2 Å². The number of benzene rings is 3. The number of carbonyl (C=O) groups is 1. The van der Waals surface area contributed by atoms with Crippen LogP contribution >= 0.6 is 0 Å². The zero-order valence-corrected chi connectivity index (χ0v) is 16.4. The van der Waals surface area contributed by atoms with Crippen molar-refractivity contribution in [3.8, 4) is 23.3 Å². The van der Waals surface area contributed by atoms with E-state index < -0.39 is 17.4 Å². The monoisotopic (exact) mass is 400 g/mol. The molecule has 1 fully saturated rings. The molecule has 0 aromatic heterocycles. The third-order valence-corrected chi connectivity index (χ3v) is 5.05. The van der Waals surface area contributed by atoms with Crippen LogP contribution in [0.4, 0.5) is 4.39 Å². The van der Waals surface area contributed by atoms with Crippen LogP contribution in [0.3, 0.4) is 0 Å². The first-order valence-corrected chi connectivity index (χ1v) is 9.98. The molecular formula is C26H21FO3. The van der Waals surface area contributed by atoms with Crippen molar-refractivity contribution >= 4 is 5.97 Å². The van der Waals surface area contributed by atoms with E-state index in [2.05, 4.69) is 11.8 Å². The molecule has 1 aliphatic rings. The molecule has 0 radical (unpaired) electrons. The number of carbonyl (C=O) groups excluding carboxylic acids is 1. The molecule has 3 aromatic carbocycles. The fourth-order valence-corrected chi connectivity index (χ4v) is 3.48. The lowest BCUT2D eigenvalue weighted by Crippen LogP contribution is -2.31. The Labute approximate surface area is 175 Å². The molecular weight excluding hydrogens is 379 g/mol. The molecule has 150 valence electrons. The van der Waals surface area contributed by atoms with Crippen LogP contribution in [0.2, 0.25) is 0 Å². The molecule has 0 saturated heterocycles. The van der Waals surface area contributed by atoms with Crippen LogP contribution in [0.25, 0.3) is 0 Å². The van der Waals surface area contributed by atoms with Gasteiger partial charge in [-0.05, 0) is 68.1 Å². The van der Waals surface area contributed by atoms with E-state index in [4.69, 9.17) is 9.47 Å². The van der Waals surface area contributed by atoms with Gasteiger partial charge in [0.15, 0.2) is 17.2 Å². The average Bonchev–Trinajstić information content (AvgIpc) is 3.24. The van der Waals surface area contributed by atoms with E-state index in [1.807, 2.05) is 36.4 Å². The smallest absolute Gasteiger partial charge is 0.343 e. The average molecular weight is 400 g/mol. The van der Waals surface area contributed by atoms with Crippen molar-refractivity contribution in [2.24, 2.45) is 0 Å². The summed E-state index contributed by atoms with van der Waals surface area (Å²) < 4.78 is 26.0. The normalized spacial score (nSPS) is 14.4. The van der Waals surface area contributed by atoms with Crippen LogP contribution in [-0.2, 0) is 0 Å². The number of para-hydroxylation sites is 1. The summed E-state index contributed by atoms with van der Waals surface area (Å²) in [5.41, 5.74) is 0.339. The van der Waals surface area contributed by atoms with Crippen molar-refractivity contribution in [3.63, 3.8) is 0 Å². The Balaban J connectivity index is 1.57. The van der Waals surface area contributed by atoms with Gasteiger partial charge in [-0.3, -0.25) is 0 Å². The molecule has 0 atom stereocenters. The summed E-state index contributed by atoms with van der Waals surface area (Å²) in [5, 5.41) is 0. The first kappa shape index (κ1) is 19.7. The maximum Gasteiger partial charge on any atom is 0.343 e. The van der Waals surface area contributed by atoms with E-state index in [1.54, 1.807) is 24.3 Å². The minimum absolute atomic E-state index is 0.0155. The van der Waals surface area contributed by atoms with E-state index >= 15 is 0 Å². The summed E-state index contributed by atoms with van der Waals surface area (Å²) in [4.78, 5) is 12.5. The number of esters is 1. The van der Waals surface area contributed by atoms with Gasteiger partial charge in [0.05, 0.1) is 5.56 Å². The Bertz CT molecular complexity index is 1080. The fourth-order valence-electron chi connectivity index (χ4n) is 3.48. The van der Waals surface area contributed by atoms with Gasteiger partial charge in [-0.15, -0.1) is 0 Å². The summed E-state index contributed by atoms with van der Waals surface area (Å²) in [7, 11) is 0. The van der Waals surface area contributed by atoms with Crippen molar-refractivity contribution < 1.29 is 18.7 Å². The number of hydrogen-bond acceptors (Lipinski definition) is 3. The standard InChI is InChI=1S/C26H21FO3/c27-23-14-13-21(25(28)29-22-11-5-2-6-12-22)19-24(23)30-26(16-7-8-17-26)18-15-20-9-3-1-4-10-20/h1-6,9-14,19H,7-8,16-17H2. The lowest BCUT2D eigenvalue weighted by molar-refractivity contribution is 0.0732. The van der Waals surface area contributed by atoms with Gasteiger partial charge in [-0.1, -0.05) is 48.2 Å². The predicted octanol–water partition coefficient (Wildman–Crippen LogP) is 5.79. The molecule has 3 nitrogen and oxygen atoms in total. The number of hydrogen-bond donors (Lipinski definition) is 0. The van der Waals surface area contributed by atoms with E-state index in [-0.39, 0.29) is 11.3 Å². The van der Waals surface area contributed by atoms with E-state index in [9.17, 15) is 9.18 Å². The van der Waals surface area contributed by atoms with Gasteiger partial charge in [-0.25, -0.2) is 9.18 Å². The highest BCUT2D eigenvalue weighted by molar-refractivity contribution is 5.91. The first-order chi connectivity index (χ1) is 14.6. The Morgan fingerprint density at radius 3 is 2.27 bits per heavy atom. The topological polar surface area (TPSA) is 35.5 Å². The van der Waals surface area contributed by atoms with Gasteiger partial charge in [0, 0.05) is 5.56 Å². The van der Waals surface area contributed by atoms with Crippen LogP contribution in [-0.4, -0.2) is 11.6 Å². The van der Waals surface area contributed by atoms with Crippen LogP contribution < -0.4 is 9.47 Å². The third kappa shape index (κ3) is 4.69. The molecule has 0 amide bonds. The largest absolute Gasteiger partial charge is 0.471 e. The van der Waals surface area contributed by atoms with Crippen molar-refractivity contribution in [3.05, 3.63) is 95.8 Å². The summed E-state index contributed by atoms with van der Waals surface area (Å²) in [6.45, 7) is 0. The number of ether oxygens (including phenoxy) is 2. The summed E-state index contributed by atoms with van der Waals surface area (Å²) in [5.74, 6) is 5.71. The summed E-state index contributed by atoms with van der Waals surface area (Å²) >= 11 is 0. The van der Waals surface area contributed by atoms with Crippen LogP contribution in [0.15, 0.2) is 78.9 Å². The van der Waals surface area contributed by atoms with Crippen LogP contribution in [0, 0.1) is 17.7 Å². The first-order valence-electron chi connectivity index (χ1n) is 9.98. The van der Waals surface area contributed by atoms with Crippen molar-refractivity contribution in [2.45, 2.75) is 31.3 Å². The molecule has 0 heterocycles. The van der Waals surface area contributed by atoms with Gasteiger partial charge in [-0.2, -0.15) is 0 Å². The Kier molecular flexibility index (Phi) is 5.81. The van der Waals surface area contributed by atoms with Gasteiger partial charge < -0.3 is 9.47 Å². The van der Waals surface area contributed by atoms with Gasteiger partial charge >= 0.3 is 5.97 Å². The van der Waals surface area contributed by atoms with E-state index in [0.717, 1.165) is 18.4 Å². The quantitative estimate of drug-likeness (QED) is 0.316. The highest BCUT2D eigenvalue weighted by Gasteiger charge is 2.35. The minimum Gasteiger partial charge on any atom is -0.471 e. The molecule has 30 heavy (non-hydrogen) atoms. The summed E-state index contributed by atoms with van der Waals surface area (Å²) in [6.07, 6.45) is 3.34. The zero-order chi connectivity index (χ0) is 20.8. The maximum atomic E-state index is 14.5. The lowest BCUT2D eigenvalue weighted by atomic mass is 10.0. The van der Waals surface area contributed by atoms with Crippen molar-refractivity contribution in [1.29, 1.82) is 0 Å². The maximum absolute atomic E-state index is 14.5. The molecule has 4 heteroatoms. The molecule has 0 spiro atoms. The zero-order valence-electron chi connectivity index (χ0n) is 16.4. The molecule has 0 unspecified atom stereocenters. The second-order valence-electron chi connectivity index (χ2n) is 7.27. The van der Waals surface area contributed by atoms with Crippen molar-refractivity contribution in [1.82, 2.24) is 0 Å².